The lowest BCUT2D eigenvalue weighted by Crippen LogP contribution is -2.02. The number of rotatable bonds is 23. The molecule has 28 heavy (non-hydrogen) atoms. The molecule has 0 aromatic heterocycles. The third-order valence-corrected chi connectivity index (χ3v) is 9.65. The molecule has 0 bridgehead atoms. The molecular weight excluding hydrogens is 359 g/mol. The zero-order valence-electron chi connectivity index (χ0n) is 20.1. The van der Waals surface area contributed by atoms with Crippen molar-refractivity contribution in [2.24, 2.45) is 0 Å². The van der Waals surface area contributed by atoms with Crippen LogP contribution >= 0.6 is 7.14 Å². The Balaban J connectivity index is 4.04. The highest BCUT2D eigenvalue weighted by Gasteiger charge is 2.20. The Morgan fingerprint density at radius 2 is 0.571 bits per heavy atom. The summed E-state index contributed by atoms with van der Waals surface area (Å²) in [7, 11) is -1.90. The lowest BCUT2D eigenvalue weighted by molar-refractivity contribution is 0.553. The van der Waals surface area contributed by atoms with Crippen LogP contribution in [0.3, 0.4) is 0 Å². The maximum Gasteiger partial charge on any atom is 0.0877 e. The zero-order valence-corrected chi connectivity index (χ0v) is 21.0. The monoisotopic (exact) mass is 414 g/mol. The Morgan fingerprint density at radius 3 is 0.821 bits per heavy atom. The van der Waals surface area contributed by atoms with Gasteiger partial charge < -0.3 is 4.57 Å². The molecule has 0 heterocycles. The van der Waals surface area contributed by atoms with Crippen molar-refractivity contribution < 1.29 is 4.57 Å². The summed E-state index contributed by atoms with van der Waals surface area (Å²) >= 11 is 0. The SMILES string of the molecule is CCCCCCCCCP(=O)(CCCCCCCC)CCCCCCCCC. The highest BCUT2D eigenvalue weighted by molar-refractivity contribution is 7.63. The molecule has 0 unspecified atom stereocenters. The molecule has 0 saturated heterocycles. The van der Waals surface area contributed by atoms with Gasteiger partial charge in [0.1, 0.15) is 0 Å². The predicted octanol–water partition coefficient (Wildman–Crippen LogP) is 10.2. The number of hydrogen-bond donors (Lipinski definition) is 0. The third kappa shape index (κ3) is 19.5. The molecule has 0 radical (unpaired) electrons. The second kappa shape index (κ2) is 21.9. The minimum absolute atomic E-state index is 1.05. The van der Waals surface area contributed by atoms with Crippen molar-refractivity contribution in [2.45, 2.75) is 149 Å². The Bertz CT molecular complexity index is 317. The fourth-order valence-electron chi connectivity index (χ4n) is 4.23. The maximum atomic E-state index is 13.6. The van der Waals surface area contributed by atoms with Gasteiger partial charge in [-0.25, -0.2) is 0 Å². The first kappa shape index (κ1) is 28.2. The van der Waals surface area contributed by atoms with Crippen LogP contribution in [0.2, 0.25) is 0 Å². The topological polar surface area (TPSA) is 17.1 Å². The number of hydrogen-bond acceptors (Lipinski definition) is 1. The molecule has 0 fully saturated rings. The van der Waals surface area contributed by atoms with Crippen LogP contribution in [0.5, 0.6) is 0 Å². The lowest BCUT2D eigenvalue weighted by Gasteiger charge is -2.18. The first-order valence-corrected chi connectivity index (χ1v) is 15.5. The van der Waals surface area contributed by atoms with Crippen molar-refractivity contribution in [2.75, 3.05) is 18.5 Å². The van der Waals surface area contributed by atoms with Crippen LogP contribution in [0.4, 0.5) is 0 Å². The Hall–Kier alpha value is 0.230. The van der Waals surface area contributed by atoms with Crippen molar-refractivity contribution in [3.63, 3.8) is 0 Å². The van der Waals surface area contributed by atoms with Gasteiger partial charge in [0.25, 0.3) is 0 Å². The van der Waals surface area contributed by atoms with E-state index in [0.717, 1.165) is 18.5 Å². The van der Waals surface area contributed by atoms with Gasteiger partial charge in [-0.3, -0.25) is 0 Å². The molecule has 0 rings (SSSR count). The lowest BCUT2D eigenvalue weighted by atomic mass is 10.1. The standard InChI is InChI=1S/C26H55OP/c1-4-7-10-13-16-19-22-25-28(27,24-21-18-15-12-9-6-3)26-23-20-17-14-11-8-5-2/h4-26H2,1-3H3. The van der Waals surface area contributed by atoms with E-state index in [1.165, 1.54) is 128 Å². The van der Waals surface area contributed by atoms with Crippen molar-refractivity contribution in [1.82, 2.24) is 0 Å². The maximum absolute atomic E-state index is 13.6. The largest absolute Gasteiger partial charge is 0.324 e. The summed E-state index contributed by atoms with van der Waals surface area (Å²) in [6.45, 7) is 6.84. The number of unbranched alkanes of at least 4 members (excludes halogenated alkanes) is 17. The Labute approximate surface area is 179 Å². The minimum Gasteiger partial charge on any atom is -0.324 e. The van der Waals surface area contributed by atoms with E-state index in [2.05, 4.69) is 20.8 Å². The second-order valence-corrected chi connectivity index (χ2v) is 12.7. The quantitative estimate of drug-likeness (QED) is 0.120. The van der Waals surface area contributed by atoms with Gasteiger partial charge in [-0.2, -0.15) is 0 Å². The summed E-state index contributed by atoms with van der Waals surface area (Å²) in [5.41, 5.74) is 0. The normalized spacial score (nSPS) is 12.0. The molecule has 0 aliphatic heterocycles. The molecule has 0 N–H and O–H groups in total. The van der Waals surface area contributed by atoms with Crippen LogP contribution in [-0.2, 0) is 4.57 Å². The van der Waals surface area contributed by atoms with Crippen molar-refractivity contribution in [3.05, 3.63) is 0 Å². The highest BCUT2D eigenvalue weighted by atomic mass is 31.2. The van der Waals surface area contributed by atoms with Gasteiger partial charge in [-0.05, 0) is 19.3 Å². The van der Waals surface area contributed by atoms with Crippen molar-refractivity contribution in [3.8, 4) is 0 Å². The fourth-order valence-corrected chi connectivity index (χ4v) is 7.30. The first-order valence-electron chi connectivity index (χ1n) is 13.3. The first-order chi connectivity index (χ1) is 13.7. The molecule has 0 atom stereocenters. The van der Waals surface area contributed by atoms with Crippen molar-refractivity contribution in [1.29, 1.82) is 0 Å². The van der Waals surface area contributed by atoms with E-state index in [9.17, 15) is 4.57 Å². The van der Waals surface area contributed by atoms with Gasteiger partial charge >= 0.3 is 0 Å². The van der Waals surface area contributed by atoms with Gasteiger partial charge in [0, 0.05) is 18.5 Å². The fraction of sp³-hybridized carbons (Fsp3) is 1.00. The van der Waals surface area contributed by atoms with E-state index < -0.39 is 7.14 Å². The van der Waals surface area contributed by atoms with Crippen LogP contribution in [-0.4, -0.2) is 18.5 Å². The summed E-state index contributed by atoms with van der Waals surface area (Å²) in [6.07, 6.45) is 29.8. The van der Waals surface area contributed by atoms with Crippen molar-refractivity contribution >= 4 is 7.14 Å². The minimum atomic E-state index is -1.90. The Kier molecular flexibility index (Phi) is 22.1. The van der Waals surface area contributed by atoms with E-state index in [1.54, 1.807) is 0 Å². The average molecular weight is 415 g/mol. The van der Waals surface area contributed by atoms with E-state index in [-0.39, 0.29) is 0 Å². The molecule has 0 spiro atoms. The molecule has 0 saturated carbocycles. The summed E-state index contributed by atoms with van der Waals surface area (Å²) in [5, 5.41) is 0. The Morgan fingerprint density at radius 1 is 0.357 bits per heavy atom. The predicted molar refractivity (Wildman–Crippen MR) is 132 cm³/mol. The molecule has 0 aliphatic rings. The molecular formula is C26H55OP. The van der Waals surface area contributed by atoms with Crippen LogP contribution < -0.4 is 0 Å². The molecule has 0 aromatic rings. The molecule has 0 amide bonds. The van der Waals surface area contributed by atoms with E-state index in [4.69, 9.17) is 0 Å². The molecule has 170 valence electrons. The highest BCUT2D eigenvalue weighted by Crippen LogP contribution is 2.48. The smallest absolute Gasteiger partial charge is 0.0877 e. The summed E-state index contributed by atoms with van der Waals surface area (Å²) in [6, 6.07) is 0. The second-order valence-electron chi connectivity index (χ2n) is 9.24. The van der Waals surface area contributed by atoms with Gasteiger partial charge in [-0.1, -0.05) is 130 Å². The van der Waals surface area contributed by atoms with E-state index >= 15 is 0 Å². The summed E-state index contributed by atoms with van der Waals surface area (Å²) in [4.78, 5) is 0. The average Bonchev–Trinajstić information content (AvgIpc) is 2.69. The van der Waals surface area contributed by atoms with Crippen LogP contribution in [0.1, 0.15) is 149 Å². The van der Waals surface area contributed by atoms with Gasteiger partial charge in [0.05, 0.1) is 7.14 Å². The molecule has 1 nitrogen and oxygen atoms in total. The van der Waals surface area contributed by atoms with Gasteiger partial charge in [0.2, 0.25) is 0 Å². The molecule has 2 heteroatoms. The van der Waals surface area contributed by atoms with E-state index in [0.29, 0.717) is 0 Å². The third-order valence-electron chi connectivity index (χ3n) is 6.26. The molecule has 0 aromatic carbocycles. The van der Waals surface area contributed by atoms with Crippen LogP contribution in [0, 0.1) is 0 Å². The molecule has 0 aliphatic carbocycles. The van der Waals surface area contributed by atoms with Gasteiger partial charge in [-0.15, -0.1) is 0 Å². The summed E-state index contributed by atoms with van der Waals surface area (Å²) in [5.74, 6) is 0. The van der Waals surface area contributed by atoms with E-state index in [1.807, 2.05) is 0 Å². The van der Waals surface area contributed by atoms with Gasteiger partial charge in [0.15, 0.2) is 0 Å². The summed E-state index contributed by atoms with van der Waals surface area (Å²) < 4.78 is 13.6. The van der Waals surface area contributed by atoms with Crippen LogP contribution in [0.25, 0.3) is 0 Å². The van der Waals surface area contributed by atoms with Crippen LogP contribution in [0.15, 0.2) is 0 Å². The zero-order chi connectivity index (χ0) is 20.8.